The number of anilines is 2. The van der Waals surface area contributed by atoms with Crippen LogP contribution < -0.4 is 16.2 Å². The summed E-state index contributed by atoms with van der Waals surface area (Å²) in [6, 6.07) is 8.17. The van der Waals surface area contributed by atoms with E-state index < -0.39 is 0 Å². The van der Waals surface area contributed by atoms with E-state index in [2.05, 4.69) is 39.9 Å². The first-order valence-electron chi connectivity index (χ1n) is 5.46. The normalized spacial score (nSPS) is 10.2. The molecule has 4 nitrogen and oxygen atoms in total. The molecule has 2 aromatic heterocycles. The summed E-state index contributed by atoms with van der Waals surface area (Å²) < 4.78 is 0. The Balaban J connectivity index is 1.96. The van der Waals surface area contributed by atoms with Gasteiger partial charge in [0.05, 0.1) is 0 Å². The van der Waals surface area contributed by atoms with Crippen LogP contribution in [0.15, 0.2) is 35.8 Å². The maximum atomic E-state index is 5.34. The molecule has 2 heterocycles. The fourth-order valence-corrected chi connectivity index (χ4v) is 2.30. The summed E-state index contributed by atoms with van der Waals surface area (Å²) in [7, 11) is 2.07. The van der Waals surface area contributed by atoms with Gasteiger partial charge in [0.2, 0.25) is 0 Å². The van der Waals surface area contributed by atoms with Crippen LogP contribution in [0.5, 0.6) is 0 Å². The maximum Gasteiger partial charge on any atom is 0.141 e. The Hall–Kier alpha value is -1.59. The number of pyridine rings is 1. The van der Waals surface area contributed by atoms with Gasteiger partial charge in [-0.1, -0.05) is 6.07 Å². The van der Waals surface area contributed by atoms with E-state index in [1.54, 1.807) is 17.5 Å². The summed E-state index contributed by atoms with van der Waals surface area (Å²) >= 11 is 1.80. The first kappa shape index (κ1) is 11.9. The second-order valence-corrected chi connectivity index (χ2v) is 4.83. The van der Waals surface area contributed by atoms with Crippen molar-refractivity contribution >= 4 is 22.8 Å². The number of aromatic nitrogens is 1. The third kappa shape index (κ3) is 3.18. The molecule has 0 aliphatic heterocycles. The lowest BCUT2D eigenvalue weighted by atomic mass is 10.3. The van der Waals surface area contributed by atoms with E-state index in [4.69, 9.17) is 5.84 Å². The van der Waals surface area contributed by atoms with Gasteiger partial charge in [-0.15, -0.1) is 11.3 Å². The third-order valence-electron chi connectivity index (χ3n) is 2.61. The molecular formula is C12H16N4S. The molecule has 0 saturated heterocycles. The molecule has 0 aromatic carbocycles. The van der Waals surface area contributed by atoms with Gasteiger partial charge in [0.15, 0.2) is 0 Å². The van der Waals surface area contributed by atoms with Gasteiger partial charge in [-0.05, 0) is 23.9 Å². The van der Waals surface area contributed by atoms with Gasteiger partial charge in [-0.3, -0.25) is 0 Å². The number of likely N-dealkylation sites (N-methyl/N-ethyl adjacent to an activating group) is 1. The van der Waals surface area contributed by atoms with Crippen molar-refractivity contribution in [1.29, 1.82) is 0 Å². The fraction of sp³-hybridized carbons (Fsp3) is 0.250. The Morgan fingerprint density at radius 1 is 1.47 bits per heavy atom. The Morgan fingerprint density at radius 3 is 3.06 bits per heavy atom. The van der Waals surface area contributed by atoms with Crippen LogP contribution in [-0.2, 0) is 6.42 Å². The average molecular weight is 248 g/mol. The van der Waals surface area contributed by atoms with Gasteiger partial charge in [0.25, 0.3) is 0 Å². The second-order valence-electron chi connectivity index (χ2n) is 3.79. The monoisotopic (exact) mass is 248 g/mol. The number of hydrazine groups is 1. The molecule has 0 bridgehead atoms. The molecule has 5 heteroatoms. The first-order valence-corrected chi connectivity index (χ1v) is 6.34. The highest BCUT2D eigenvalue weighted by Crippen LogP contribution is 2.16. The molecule has 0 radical (unpaired) electrons. The van der Waals surface area contributed by atoms with Crippen molar-refractivity contribution in [3.8, 4) is 0 Å². The number of hydrogen-bond acceptors (Lipinski definition) is 5. The molecule has 0 aliphatic rings. The second kappa shape index (κ2) is 5.65. The molecule has 0 saturated carbocycles. The number of thiophene rings is 1. The Labute approximate surface area is 105 Å². The van der Waals surface area contributed by atoms with E-state index in [0.717, 1.165) is 18.7 Å². The zero-order valence-corrected chi connectivity index (χ0v) is 10.6. The van der Waals surface area contributed by atoms with Crippen LogP contribution in [0, 0.1) is 0 Å². The minimum Gasteiger partial charge on any atom is -0.374 e. The van der Waals surface area contributed by atoms with Crippen molar-refractivity contribution in [3.05, 3.63) is 40.7 Å². The van der Waals surface area contributed by atoms with Crippen molar-refractivity contribution in [3.63, 3.8) is 0 Å². The van der Waals surface area contributed by atoms with Gasteiger partial charge in [0.1, 0.15) is 5.82 Å². The molecule has 2 rings (SSSR count). The molecule has 0 unspecified atom stereocenters. The van der Waals surface area contributed by atoms with Crippen LogP contribution in [0.25, 0.3) is 0 Å². The fourth-order valence-electron chi connectivity index (χ4n) is 1.60. The van der Waals surface area contributed by atoms with Crippen LogP contribution in [-0.4, -0.2) is 18.6 Å². The van der Waals surface area contributed by atoms with E-state index in [9.17, 15) is 0 Å². The predicted molar refractivity (Wildman–Crippen MR) is 73.3 cm³/mol. The number of nitrogens with zero attached hydrogens (tertiary/aromatic N) is 2. The van der Waals surface area contributed by atoms with E-state index in [1.807, 2.05) is 12.1 Å². The molecule has 0 aliphatic carbocycles. The topological polar surface area (TPSA) is 54.2 Å². The minimum atomic E-state index is 0.686. The summed E-state index contributed by atoms with van der Waals surface area (Å²) in [6.45, 7) is 0.981. The van der Waals surface area contributed by atoms with Crippen molar-refractivity contribution in [1.82, 2.24) is 4.98 Å². The first-order chi connectivity index (χ1) is 8.29. The van der Waals surface area contributed by atoms with E-state index in [-0.39, 0.29) is 0 Å². The minimum absolute atomic E-state index is 0.686. The molecule has 0 atom stereocenters. The van der Waals surface area contributed by atoms with E-state index in [0.29, 0.717) is 5.82 Å². The largest absolute Gasteiger partial charge is 0.374 e. The molecule has 0 amide bonds. The van der Waals surface area contributed by atoms with E-state index >= 15 is 0 Å². The molecule has 3 N–H and O–H groups in total. The molecule has 90 valence electrons. The molecular weight excluding hydrogens is 232 g/mol. The summed E-state index contributed by atoms with van der Waals surface area (Å²) in [5.41, 5.74) is 3.67. The number of nitrogen functional groups attached to an aromatic ring is 1. The van der Waals surface area contributed by atoms with Crippen molar-refractivity contribution in [2.24, 2.45) is 5.84 Å². The Kier molecular flexibility index (Phi) is 3.95. The highest BCUT2D eigenvalue weighted by atomic mass is 32.1. The van der Waals surface area contributed by atoms with Crippen molar-refractivity contribution in [2.45, 2.75) is 6.42 Å². The summed E-state index contributed by atoms with van der Waals surface area (Å²) in [5.74, 6) is 6.03. The number of rotatable bonds is 5. The molecule has 17 heavy (non-hydrogen) atoms. The summed E-state index contributed by atoms with van der Waals surface area (Å²) in [6.07, 6.45) is 2.81. The van der Waals surface area contributed by atoms with Gasteiger partial charge >= 0.3 is 0 Å². The number of nitrogens with one attached hydrogen (secondary N) is 1. The van der Waals surface area contributed by atoms with Crippen LogP contribution in [0.1, 0.15) is 4.88 Å². The highest BCUT2D eigenvalue weighted by Gasteiger charge is 2.03. The highest BCUT2D eigenvalue weighted by molar-refractivity contribution is 7.09. The molecule has 0 spiro atoms. The van der Waals surface area contributed by atoms with E-state index in [1.165, 1.54) is 4.88 Å². The van der Waals surface area contributed by atoms with Crippen LogP contribution in [0.4, 0.5) is 11.5 Å². The van der Waals surface area contributed by atoms with Gasteiger partial charge in [0, 0.05) is 36.4 Å². The molecule has 2 aromatic rings. The lowest BCUT2D eigenvalue weighted by molar-refractivity contribution is 0.886. The van der Waals surface area contributed by atoms with Crippen LogP contribution in [0.3, 0.4) is 0 Å². The number of nitrogens with two attached hydrogens (primary N) is 1. The van der Waals surface area contributed by atoms with Gasteiger partial charge < -0.3 is 10.3 Å². The van der Waals surface area contributed by atoms with Gasteiger partial charge in [-0.25, -0.2) is 10.8 Å². The summed E-state index contributed by atoms with van der Waals surface area (Å²) in [4.78, 5) is 7.69. The lowest BCUT2D eigenvalue weighted by Gasteiger charge is -2.19. The standard InChI is InChI=1S/C12H16N4S/c1-16(7-5-11-3-2-8-17-11)10-4-6-14-12(9-10)15-13/h2-4,6,8-9H,5,7,13H2,1H3,(H,14,15). The zero-order valence-electron chi connectivity index (χ0n) is 9.76. The lowest BCUT2D eigenvalue weighted by Crippen LogP contribution is -2.20. The zero-order chi connectivity index (χ0) is 12.1. The SMILES string of the molecule is CN(CCc1cccs1)c1ccnc(NN)c1. The summed E-state index contributed by atoms with van der Waals surface area (Å²) in [5, 5.41) is 2.11. The Morgan fingerprint density at radius 2 is 2.35 bits per heavy atom. The van der Waals surface area contributed by atoms with Crippen LogP contribution >= 0.6 is 11.3 Å². The van der Waals surface area contributed by atoms with Crippen molar-refractivity contribution in [2.75, 3.05) is 23.9 Å². The van der Waals surface area contributed by atoms with Gasteiger partial charge in [-0.2, -0.15) is 0 Å². The molecule has 0 fully saturated rings. The van der Waals surface area contributed by atoms with Crippen molar-refractivity contribution < 1.29 is 0 Å². The smallest absolute Gasteiger partial charge is 0.141 e. The van der Waals surface area contributed by atoms with Crippen LogP contribution in [0.2, 0.25) is 0 Å². The predicted octanol–water partition coefficient (Wildman–Crippen LogP) is 2.11. The quantitative estimate of drug-likeness (QED) is 0.628. The average Bonchev–Trinajstić information content (AvgIpc) is 2.89. The maximum absolute atomic E-state index is 5.34. The third-order valence-corrected chi connectivity index (χ3v) is 3.54. The Bertz CT molecular complexity index is 455. The number of hydrogen-bond donors (Lipinski definition) is 2.